The van der Waals surface area contributed by atoms with Crippen LogP contribution >= 0.6 is 66.7 Å². The van der Waals surface area contributed by atoms with E-state index in [4.69, 9.17) is 0 Å². The summed E-state index contributed by atoms with van der Waals surface area (Å²) in [6.45, 7) is 9.26. The second-order valence-corrected chi connectivity index (χ2v) is 15.7. The zero-order valence-electron chi connectivity index (χ0n) is 22.5. The van der Waals surface area contributed by atoms with E-state index in [9.17, 15) is 0 Å². The van der Waals surface area contributed by atoms with Gasteiger partial charge in [-0.1, -0.05) is 79.1 Å². The molecule has 0 aliphatic carbocycles. The van der Waals surface area contributed by atoms with Crippen LogP contribution in [0.4, 0.5) is 0 Å². The largest absolute Gasteiger partial charge is 0.316 e. The molecule has 7 heteroatoms. The van der Waals surface area contributed by atoms with E-state index >= 15 is 0 Å². The molecule has 37 heavy (non-hydrogen) atoms. The fraction of sp³-hybridized carbons (Fsp3) is 0.533. The maximum absolute atomic E-state index is 3.90. The SMILES string of the molecule is CCCCC(CC)Cc1cc(C2=CC=C(c3cc(CC(CC)CCCC)c(Br)s3)N3SNC=C23)sc1Br. The van der Waals surface area contributed by atoms with E-state index in [0.29, 0.717) is 0 Å². The summed E-state index contributed by atoms with van der Waals surface area (Å²) >= 11 is 13.2. The Morgan fingerprint density at radius 2 is 1.35 bits per heavy atom. The number of thiophene rings is 2. The average Bonchev–Trinajstić information content (AvgIpc) is 3.62. The van der Waals surface area contributed by atoms with Gasteiger partial charge in [-0.3, -0.25) is 4.31 Å². The molecule has 4 rings (SSSR count). The number of unbranched alkanes of at least 4 members (excludes halogenated alkanes) is 2. The van der Waals surface area contributed by atoms with Crippen LogP contribution in [0.25, 0.3) is 11.3 Å². The Kier molecular flexibility index (Phi) is 11.4. The summed E-state index contributed by atoms with van der Waals surface area (Å²) < 4.78 is 8.37. The predicted molar refractivity (Wildman–Crippen MR) is 175 cm³/mol. The first-order valence-corrected chi connectivity index (χ1v) is 17.9. The van der Waals surface area contributed by atoms with Gasteiger partial charge in [-0.05, 0) is 91.9 Å². The Hall–Kier alpha value is -0.470. The minimum atomic E-state index is 0.768. The van der Waals surface area contributed by atoms with E-state index in [2.05, 4.69) is 99.1 Å². The van der Waals surface area contributed by atoms with Gasteiger partial charge in [0.05, 0.1) is 36.0 Å². The van der Waals surface area contributed by atoms with Crippen LogP contribution in [-0.2, 0) is 12.8 Å². The number of nitrogens with zero attached hydrogens (tertiary/aromatic N) is 1. The van der Waals surface area contributed by atoms with Crippen molar-refractivity contribution >= 4 is 77.9 Å². The lowest BCUT2D eigenvalue weighted by atomic mass is 9.92. The number of rotatable bonds is 14. The van der Waals surface area contributed by atoms with Gasteiger partial charge in [0, 0.05) is 16.7 Å². The van der Waals surface area contributed by atoms with Gasteiger partial charge in [0.15, 0.2) is 0 Å². The Morgan fingerprint density at radius 3 is 1.92 bits per heavy atom. The van der Waals surface area contributed by atoms with Gasteiger partial charge in [0.2, 0.25) is 0 Å². The Morgan fingerprint density at radius 1 is 0.784 bits per heavy atom. The average molecular weight is 685 g/mol. The standard InChI is InChI=1S/C30H40Br2N2S3/c1-5-9-11-20(7-3)15-22-17-27(35-29(22)31)24-13-14-25(34-26(24)19-33-37-34)28-18-23(30(32)36-28)16-21(8-4)12-10-6-2/h13-14,17-21,33H,5-12,15-16H2,1-4H3. The summed E-state index contributed by atoms with van der Waals surface area (Å²) in [6, 6.07) is 4.85. The summed E-state index contributed by atoms with van der Waals surface area (Å²) in [5.74, 6) is 1.54. The molecule has 2 aliphatic rings. The van der Waals surface area contributed by atoms with Crippen LogP contribution in [0, 0.1) is 11.8 Å². The smallest absolute Gasteiger partial charge is 0.0794 e. The molecule has 0 fully saturated rings. The normalized spacial score (nSPS) is 16.7. The summed E-state index contributed by atoms with van der Waals surface area (Å²) in [5, 5.41) is 0. The third-order valence-electron chi connectivity index (χ3n) is 7.60. The lowest BCUT2D eigenvalue weighted by Gasteiger charge is -2.26. The summed E-state index contributed by atoms with van der Waals surface area (Å²) in [4.78, 5) is 2.68. The summed E-state index contributed by atoms with van der Waals surface area (Å²) in [7, 11) is 0. The lowest BCUT2D eigenvalue weighted by Crippen LogP contribution is -2.14. The summed E-state index contributed by atoms with van der Waals surface area (Å²) in [5.41, 5.74) is 6.75. The van der Waals surface area contributed by atoms with E-state index in [1.807, 2.05) is 22.7 Å². The van der Waals surface area contributed by atoms with Crippen LogP contribution in [0.5, 0.6) is 0 Å². The van der Waals surface area contributed by atoms with Gasteiger partial charge in [0.25, 0.3) is 0 Å². The van der Waals surface area contributed by atoms with E-state index in [1.165, 1.54) is 110 Å². The molecule has 4 heterocycles. The zero-order chi connectivity index (χ0) is 26.4. The molecule has 0 amide bonds. The molecule has 1 N–H and O–H groups in total. The quantitative estimate of drug-likeness (QED) is 0.199. The molecule has 0 radical (unpaired) electrons. The number of fused-ring (bicyclic) bond motifs is 1. The molecule has 2 unspecified atom stereocenters. The molecule has 2 aromatic heterocycles. The molecule has 0 spiro atoms. The number of nitrogens with one attached hydrogen (secondary N) is 1. The molecule has 2 aliphatic heterocycles. The molecule has 0 aromatic carbocycles. The molecule has 0 bridgehead atoms. The topological polar surface area (TPSA) is 15.3 Å². The van der Waals surface area contributed by atoms with Gasteiger partial charge in [0.1, 0.15) is 0 Å². The Labute approximate surface area is 253 Å². The minimum Gasteiger partial charge on any atom is -0.316 e. The fourth-order valence-electron chi connectivity index (χ4n) is 5.17. The maximum Gasteiger partial charge on any atom is 0.0794 e. The molecule has 2 atom stereocenters. The fourth-order valence-corrected chi connectivity index (χ4v) is 9.49. The highest BCUT2D eigenvalue weighted by Gasteiger charge is 2.30. The van der Waals surface area contributed by atoms with Crippen LogP contribution in [-0.4, -0.2) is 4.31 Å². The van der Waals surface area contributed by atoms with Crippen molar-refractivity contribution in [2.75, 3.05) is 0 Å². The van der Waals surface area contributed by atoms with Gasteiger partial charge in [-0.2, -0.15) is 0 Å². The Bertz CT molecular complexity index is 1140. The second-order valence-electron chi connectivity index (χ2n) is 10.2. The van der Waals surface area contributed by atoms with Crippen molar-refractivity contribution in [1.82, 2.24) is 9.03 Å². The molecule has 202 valence electrons. The minimum absolute atomic E-state index is 0.768. The molecule has 0 saturated heterocycles. The highest BCUT2D eigenvalue weighted by atomic mass is 79.9. The van der Waals surface area contributed by atoms with Crippen molar-refractivity contribution in [3.63, 3.8) is 0 Å². The molecule has 0 saturated carbocycles. The zero-order valence-corrected chi connectivity index (χ0v) is 28.2. The van der Waals surface area contributed by atoms with Gasteiger partial charge < -0.3 is 4.72 Å². The monoisotopic (exact) mass is 682 g/mol. The molecule has 2 aromatic rings. The summed E-state index contributed by atoms with van der Waals surface area (Å²) in [6.07, 6.45) is 19.5. The highest BCUT2D eigenvalue weighted by Crippen LogP contribution is 2.48. The third kappa shape index (κ3) is 7.19. The van der Waals surface area contributed by atoms with E-state index < -0.39 is 0 Å². The van der Waals surface area contributed by atoms with Crippen molar-refractivity contribution in [3.8, 4) is 0 Å². The van der Waals surface area contributed by atoms with Gasteiger partial charge >= 0.3 is 0 Å². The van der Waals surface area contributed by atoms with Crippen LogP contribution in [0.2, 0.25) is 0 Å². The number of hydrogen-bond acceptors (Lipinski definition) is 5. The van der Waals surface area contributed by atoms with Crippen LogP contribution < -0.4 is 4.72 Å². The first-order valence-electron chi connectivity index (χ1n) is 13.9. The van der Waals surface area contributed by atoms with Gasteiger partial charge in [-0.15, -0.1) is 22.7 Å². The number of allylic oxidation sites excluding steroid dienone is 3. The molecular formula is C30H40Br2N2S3. The Balaban J connectivity index is 1.56. The third-order valence-corrected chi connectivity index (χ3v) is 12.4. The van der Waals surface area contributed by atoms with Crippen molar-refractivity contribution in [2.45, 2.75) is 91.9 Å². The van der Waals surface area contributed by atoms with Crippen LogP contribution in [0.15, 0.2) is 43.8 Å². The number of halogens is 2. The van der Waals surface area contributed by atoms with Crippen molar-refractivity contribution in [2.24, 2.45) is 11.8 Å². The van der Waals surface area contributed by atoms with E-state index in [-0.39, 0.29) is 0 Å². The number of hydrogen-bond donors (Lipinski definition) is 1. The second kappa shape index (κ2) is 14.2. The maximum atomic E-state index is 3.90. The predicted octanol–water partition coefficient (Wildman–Crippen LogP) is 11.6. The van der Waals surface area contributed by atoms with Crippen molar-refractivity contribution in [3.05, 3.63) is 64.6 Å². The first-order chi connectivity index (χ1) is 18.0. The van der Waals surface area contributed by atoms with Crippen LogP contribution in [0.3, 0.4) is 0 Å². The van der Waals surface area contributed by atoms with E-state index in [1.54, 1.807) is 12.1 Å². The van der Waals surface area contributed by atoms with Crippen LogP contribution in [0.1, 0.15) is 99.9 Å². The van der Waals surface area contributed by atoms with Crippen molar-refractivity contribution in [1.29, 1.82) is 0 Å². The lowest BCUT2D eigenvalue weighted by molar-refractivity contribution is 0.449. The van der Waals surface area contributed by atoms with E-state index in [0.717, 1.165) is 11.8 Å². The van der Waals surface area contributed by atoms with Gasteiger partial charge in [-0.25, -0.2) is 0 Å². The highest BCUT2D eigenvalue weighted by molar-refractivity contribution is 9.11. The molecular weight excluding hydrogens is 644 g/mol. The van der Waals surface area contributed by atoms with Crippen molar-refractivity contribution < 1.29 is 0 Å². The molecule has 2 nitrogen and oxygen atoms in total. The first kappa shape index (κ1) is 29.5.